The van der Waals surface area contributed by atoms with Crippen molar-refractivity contribution in [1.29, 1.82) is 0 Å². The Balaban J connectivity index is 1.60. The molecule has 7 nitrogen and oxygen atoms in total. The molecule has 1 aromatic heterocycles. The average Bonchev–Trinajstić information content (AvgIpc) is 2.95. The van der Waals surface area contributed by atoms with Crippen molar-refractivity contribution in [2.24, 2.45) is 5.92 Å². The molecule has 1 aromatic carbocycles. The number of hydrogen-bond acceptors (Lipinski definition) is 6. The number of anilines is 2. The van der Waals surface area contributed by atoms with Crippen molar-refractivity contribution in [3.63, 3.8) is 0 Å². The van der Waals surface area contributed by atoms with Crippen LogP contribution in [0.3, 0.4) is 0 Å². The van der Waals surface area contributed by atoms with E-state index in [2.05, 4.69) is 27.0 Å². The van der Waals surface area contributed by atoms with Crippen LogP contribution in [0.5, 0.6) is 5.88 Å². The fourth-order valence-corrected chi connectivity index (χ4v) is 3.91. The lowest BCUT2D eigenvalue weighted by Gasteiger charge is -2.36. The van der Waals surface area contributed by atoms with Gasteiger partial charge in [0, 0.05) is 31.7 Å². The molecule has 136 valence electrons. The van der Waals surface area contributed by atoms with E-state index in [0.29, 0.717) is 19.0 Å². The normalized spacial score (nSPS) is 22.4. The fourth-order valence-electron chi connectivity index (χ4n) is 3.91. The number of methoxy groups -OCH3 is 1. The lowest BCUT2D eigenvalue weighted by molar-refractivity contribution is -0.140. The van der Waals surface area contributed by atoms with Gasteiger partial charge in [-0.1, -0.05) is 30.3 Å². The molecule has 2 bridgehead atoms. The number of hydrogen-bond donors (Lipinski definition) is 1. The highest BCUT2D eigenvalue weighted by molar-refractivity contribution is 5.81. The predicted octanol–water partition coefficient (Wildman–Crippen LogP) is 1.69. The number of fused-ring (bicyclic) bond motifs is 4. The van der Waals surface area contributed by atoms with Gasteiger partial charge in [0.15, 0.2) is 0 Å². The maximum absolute atomic E-state index is 13.0. The van der Waals surface area contributed by atoms with Crippen LogP contribution >= 0.6 is 0 Å². The number of carbonyl (C=O) groups is 1. The summed E-state index contributed by atoms with van der Waals surface area (Å²) < 4.78 is 5.21. The first-order chi connectivity index (χ1) is 12.6. The summed E-state index contributed by atoms with van der Waals surface area (Å²) in [5, 5.41) is 0. The molecule has 3 saturated heterocycles. The van der Waals surface area contributed by atoms with Gasteiger partial charge in [0.1, 0.15) is 5.82 Å². The summed E-state index contributed by atoms with van der Waals surface area (Å²) in [7, 11) is 1.56. The number of piperidine rings is 1. The lowest BCUT2D eigenvalue weighted by Crippen LogP contribution is -2.47. The molecule has 5 rings (SSSR count). The molecular weight excluding hydrogens is 330 g/mol. The molecule has 3 fully saturated rings. The van der Waals surface area contributed by atoms with Crippen LogP contribution in [-0.2, 0) is 11.3 Å². The van der Waals surface area contributed by atoms with Crippen LogP contribution in [0.1, 0.15) is 18.4 Å². The Morgan fingerprint density at radius 3 is 2.77 bits per heavy atom. The molecule has 3 aliphatic heterocycles. The number of nitrogens with two attached hydrogens (primary N) is 1. The summed E-state index contributed by atoms with van der Waals surface area (Å²) in [6.07, 6.45) is 1.93. The van der Waals surface area contributed by atoms with E-state index in [1.165, 1.54) is 0 Å². The van der Waals surface area contributed by atoms with E-state index in [9.17, 15) is 4.79 Å². The van der Waals surface area contributed by atoms with Crippen molar-refractivity contribution < 1.29 is 9.53 Å². The van der Waals surface area contributed by atoms with Crippen LogP contribution < -0.4 is 15.4 Å². The highest BCUT2D eigenvalue weighted by Gasteiger charge is 2.41. The maximum atomic E-state index is 13.0. The number of carbonyl (C=O) groups excluding carboxylic acids is 1. The first-order valence-corrected chi connectivity index (χ1v) is 8.92. The minimum atomic E-state index is -0.0142. The van der Waals surface area contributed by atoms with E-state index in [0.717, 1.165) is 30.8 Å². The minimum absolute atomic E-state index is 0.0142. The second-order valence-electron chi connectivity index (χ2n) is 6.91. The van der Waals surface area contributed by atoms with Crippen LogP contribution in [0.4, 0.5) is 11.8 Å². The zero-order valence-electron chi connectivity index (χ0n) is 14.8. The number of benzene rings is 1. The van der Waals surface area contributed by atoms with Gasteiger partial charge in [0.2, 0.25) is 17.7 Å². The Kier molecular flexibility index (Phi) is 4.36. The number of nitrogen functional groups attached to an aromatic ring is 1. The molecule has 0 aliphatic carbocycles. The third-order valence-electron chi connectivity index (χ3n) is 5.23. The van der Waals surface area contributed by atoms with Crippen molar-refractivity contribution >= 4 is 17.7 Å². The Labute approximate surface area is 152 Å². The molecule has 2 aromatic rings. The van der Waals surface area contributed by atoms with E-state index in [1.807, 2.05) is 23.1 Å². The Morgan fingerprint density at radius 2 is 2.00 bits per heavy atom. The number of rotatable bonds is 4. The third kappa shape index (κ3) is 3.16. The molecule has 0 radical (unpaired) electrons. The second kappa shape index (κ2) is 6.82. The summed E-state index contributed by atoms with van der Waals surface area (Å²) in [5.41, 5.74) is 6.98. The molecule has 26 heavy (non-hydrogen) atoms. The molecule has 2 N–H and O–H groups in total. The molecule has 4 heterocycles. The van der Waals surface area contributed by atoms with Crippen molar-refractivity contribution in [3.8, 4) is 5.88 Å². The Bertz CT molecular complexity index is 798. The van der Waals surface area contributed by atoms with Gasteiger partial charge in [-0.2, -0.15) is 9.97 Å². The quantitative estimate of drug-likeness (QED) is 0.900. The predicted molar refractivity (Wildman–Crippen MR) is 98.7 cm³/mol. The van der Waals surface area contributed by atoms with Crippen LogP contribution in [0.15, 0.2) is 36.4 Å². The first kappa shape index (κ1) is 16.6. The standard InChI is InChI=1S/C19H23N5O2/c1-26-17-9-16(21-19(20)22-17)23-11-14-7-8-15(12-23)24(18(14)25)10-13-5-3-2-4-6-13/h2-6,9,14-15H,7-8,10-12H2,1H3,(H2,20,21,22)/t14-,15+/m1/s1. The highest BCUT2D eigenvalue weighted by Crippen LogP contribution is 2.33. The lowest BCUT2D eigenvalue weighted by atomic mass is 9.93. The summed E-state index contributed by atoms with van der Waals surface area (Å²) in [6, 6.07) is 12.1. The summed E-state index contributed by atoms with van der Waals surface area (Å²) in [6.45, 7) is 2.05. The van der Waals surface area contributed by atoms with Crippen LogP contribution in [0.25, 0.3) is 0 Å². The molecule has 0 unspecified atom stereocenters. The third-order valence-corrected chi connectivity index (χ3v) is 5.23. The highest BCUT2D eigenvalue weighted by atomic mass is 16.5. The molecule has 7 heteroatoms. The number of nitrogens with zero attached hydrogens (tertiary/aromatic N) is 4. The average molecular weight is 353 g/mol. The maximum Gasteiger partial charge on any atom is 0.228 e. The van der Waals surface area contributed by atoms with Gasteiger partial charge in [-0.15, -0.1) is 0 Å². The van der Waals surface area contributed by atoms with Crippen molar-refractivity contribution in [2.45, 2.75) is 25.4 Å². The molecule has 0 spiro atoms. The van der Waals surface area contributed by atoms with Crippen molar-refractivity contribution in [3.05, 3.63) is 42.0 Å². The SMILES string of the molecule is COc1cc(N2C[C@H]3CC[C@@H](C2)N(Cc2ccccc2)C3=O)nc(N)n1. The van der Waals surface area contributed by atoms with Gasteiger partial charge in [0.25, 0.3) is 0 Å². The Hall–Kier alpha value is -2.83. The zero-order chi connectivity index (χ0) is 18.1. The first-order valence-electron chi connectivity index (χ1n) is 8.92. The molecule has 2 atom stereocenters. The smallest absolute Gasteiger partial charge is 0.228 e. The van der Waals surface area contributed by atoms with Gasteiger partial charge in [-0.25, -0.2) is 0 Å². The summed E-state index contributed by atoms with van der Waals surface area (Å²) in [4.78, 5) is 25.6. The zero-order valence-corrected chi connectivity index (χ0v) is 14.8. The van der Waals surface area contributed by atoms with Crippen molar-refractivity contribution in [2.75, 3.05) is 30.8 Å². The monoisotopic (exact) mass is 353 g/mol. The molecule has 3 aliphatic rings. The topological polar surface area (TPSA) is 84.6 Å². The van der Waals surface area contributed by atoms with E-state index in [-0.39, 0.29) is 23.8 Å². The van der Waals surface area contributed by atoms with Crippen LogP contribution in [0, 0.1) is 5.92 Å². The molecule has 1 amide bonds. The summed E-state index contributed by atoms with van der Waals surface area (Å²) in [5.74, 6) is 1.57. The second-order valence-corrected chi connectivity index (χ2v) is 6.91. The van der Waals surface area contributed by atoms with E-state index < -0.39 is 0 Å². The fraction of sp³-hybridized carbons (Fsp3) is 0.421. The van der Waals surface area contributed by atoms with Crippen LogP contribution in [-0.4, -0.2) is 47.0 Å². The number of aromatic nitrogens is 2. The summed E-state index contributed by atoms with van der Waals surface area (Å²) >= 11 is 0. The van der Waals surface area contributed by atoms with Gasteiger partial charge in [0.05, 0.1) is 13.0 Å². The van der Waals surface area contributed by atoms with Gasteiger partial charge in [-0.3, -0.25) is 4.79 Å². The van der Waals surface area contributed by atoms with E-state index >= 15 is 0 Å². The number of amides is 1. The molecular formula is C19H23N5O2. The molecule has 0 saturated carbocycles. The van der Waals surface area contributed by atoms with Gasteiger partial charge in [-0.05, 0) is 18.4 Å². The Morgan fingerprint density at radius 1 is 1.19 bits per heavy atom. The van der Waals surface area contributed by atoms with Gasteiger partial charge < -0.3 is 20.3 Å². The van der Waals surface area contributed by atoms with Crippen LogP contribution in [0.2, 0.25) is 0 Å². The van der Waals surface area contributed by atoms with Crippen molar-refractivity contribution in [1.82, 2.24) is 14.9 Å². The van der Waals surface area contributed by atoms with E-state index in [4.69, 9.17) is 10.5 Å². The van der Waals surface area contributed by atoms with E-state index in [1.54, 1.807) is 13.2 Å². The van der Waals surface area contributed by atoms with Gasteiger partial charge >= 0.3 is 0 Å². The minimum Gasteiger partial charge on any atom is -0.481 e. The largest absolute Gasteiger partial charge is 0.481 e. The number of ether oxygens (including phenoxy) is 1.